The zero-order chi connectivity index (χ0) is 14.6. The molecule has 0 aromatic heterocycles. The largest absolute Gasteiger partial charge is 0.398 e. The molecule has 0 saturated heterocycles. The Kier molecular flexibility index (Phi) is 2.97. The van der Waals surface area contributed by atoms with E-state index in [9.17, 15) is 4.79 Å². The van der Waals surface area contributed by atoms with Crippen LogP contribution in [0.15, 0.2) is 18.2 Å². The summed E-state index contributed by atoms with van der Waals surface area (Å²) in [7, 11) is 0. The fourth-order valence-electron chi connectivity index (χ4n) is 5.31. The second-order valence-electron chi connectivity index (χ2n) is 7.38. The summed E-state index contributed by atoms with van der Waals surface area (Å²) in [5.74, 6) is 2.42. The first-order valence-corrected chi connectivity index (χ1v) is 8.28. The zero-order valence-electron chi connectivity index (χ0n) is 12.1. The maximum Gasteiger partial charge on any atom is 0.253 e. The molecule has 0 spiro atoms. The fraction of sp³-hybridized carbons (Fsp3) is 0.588. The van der Waals surface area contributed by atoms with Crippen LogP contribution in [0.25, 0.3) is 0 Å². The van der Waals surface area contributed by atoms with E-state index in [4.69, 9.17) is 17.3 Å². The number of carbonyl (C=O) groups excluding carboxylic acids is 1. The highest BCUT2D eigenvalue weighted by molar-refractivity contribution is 6.31. The highest BCUT2D eigenvalue weighted by Crippen LogP contribution is 2.55. The van der Waals surface area contributed by atoms with Gasteiger partial charge in [-0.05, 0) is 74.5 Å². The standard InChI is InChI=1S/C17H21ClN2O/c18-13-1-2-14(15(19)6-13)16(21)20-17-7-10-3-11(8-17)5-12(4-10)9-17/h1-2,6,10-12H,3-5,7-9,19H2,(H,20,21). The van der Waals surface area contributed by atoms with Gasteiger partial charge in [-0.15, -0.1) is 0 Å². The summed E-state index contributed by atoms with van der Waals surface area (Å²) in [6.45, 7) is 0. The molecule has 1 amide bonds. The molecule has 1 aromatic rings. The van der Waals surface area contributed by atoms with Crippen LogP contribution < -0.4 is 11.1 Å². The first-order chi connectivity index (χ1) is 10.0. The number of amides is 1. The van der Waals surface area contributed by atoms with Crippen molar-refractivity contribution in [3.05, 3.63) is 28.8 Å². The molecular formula is C17H21ClN2O. The lowest BCUT2D eigenvalue weighted by Crippen LogP contribution is -2.59. The molecule has 4 heteroatoms. The molecule has 0 radical (unpaired) electrons. The molecule has 0 heterocycles. The monoisotopic (exact) mass is 304 g/mol. The molecule has 21 heavy (non-hydrogen) atoms. The van der Waals surface area contributed by atoms with Crippen LogP contribution in [0, 0.1) is 17.8 Å². The minimum atomic E-state index is -0.0360. The normalized spacial score (nSPS) is 36.7. The van der Waals surface area contributed by atoms with Crippen LogP contribution >= 0.6 is 11.6 Å². The van der Waals surface area contributed by atoms with Crippen molar-refractivity contribution in [1.29, 1.82) is 0 Å². The van der Waals surface area contributed by atoms with Gasteiger partial charge >= 0.3 is 0 Å². The summed E-state index contributed by atoms with van der Waals surface area (Å²) in [5, 5.41) is 3.91. The smallest absolute Gasteiger partial charge is 0.253 e. The summed E-state index contributed by atoms with van der Waals surface area (Å²) >= 11 is 5.91. The number of anilines is 1. The van der Waals surface area contributed by atoms with Crippen LogP contribution in [0.1, 0.15) is 48.9 Å². The van der Waals surface area contributed by atoms with Gasteiger partial charge in [0.1, 0.15) is 0 Å². The number of benzene rings is 1. The number of nitrogens with one attached hydrogen (secondary N) is 1. The third-order valence-electron chi connectivity index (χ3n) is 5.68. The van der Waals surface area contributed by atoms with Crippen LogP contribution in [0.3, 0.4) is 0 Å². The number of halogens is 1. The summed E-state index contributed by atoms with van der Waals surface area (Å²) in [6, 6.07) is 5.11. The maximum absolute atomic E-state index is 12.6. The highest BCUT2D eigenvalue weighted by Gasteiger charge is 2.51. The molecule has 3 nitrogen and oxygen atoms in total. The Labute approximate surface area is 130 Å². The van der Waals surface area contributed by atoms with Crippen molar-refractivity contribution in [1.82, 2.24) is 5.32 Å². The first-order valence-electron chi connectivity index (χ1n) is 7.90. The minimum absolute atomic E-state index is 0.0257. The number of nitrogens with two attached hydrogens (primary N) is 1. The molecule has 4 fully saturated rings. The topological polar surface area (TPSA) is 55.1 Å². The molecule has 4 saturated carbocycles. The lowest BCUT2D eigenvalue weighted by molar-refractivity contribution is -0.0166. The van der Waals surface area contributed by atoms with Gasteiger partial charge in [-0.2, -0.15) is 0 Å². The zero-order valence-corrected chi connectivity index (χ0v) is 12.8. The highest BCUT2D eigenvalue weighted by atomic mass is 35.5. The minimum Gasteiger partial charge on any atom is -0.398 e. The summed E-state index contributed by atoms with van der Waals surface area (Å²) in [6.07, 6.45) is 7.57. The molecule has 4 aliphatic carbocycles. The molecule has 5 rings (SSSR count). The lowest BCUT2D eigenvalue weighted by Gasteiger charge is -2.56. The Bertz CT molecular complexity index is 563. The van der Waals surface area contributed by atoms with E-state index in [1.165, 1.54) is 19.3 Å². The van der Waals surface area contributed by atoms with E-state index in [1.807, 2.05) is 0 Å². The summed E-state index contributed by atoms with van der Waals surface area (Å²) < 4.78 is 0. The summed E-state index contributed by atoms with van der Waals surface area (Å²) in [5.41, 5.74) is 6.98. The van der Waals surface area contributed by atoms with E-state index < -0.39 is 0 Å². The number of hydrogen-bond acceptors (Lipinski definition) is 2. The Balaban J connectivity index is 1.57. The third-order valence-corrected chi connectivity index (χ3v) is 5.91. The van der Waals surface area contributed by atoms with E-state index in [-0.39, 0.29) is 11.4 Å². The average molecular weight is 305 g/mol. The van der Waals surface area contributed by atoms with Gasteiger partial charge in [-0.3, -0.25) is 4.79 Å². The molecule has 4 aliphatic rings. The van der Waals surface area contributed by atoms with E-state index in [0.717, 1.165) is 37.0 Å². The third kappa shape index (κ3) is 2.32. The van der Waals surface area contributed by atoms with Crippen molar-refractivity contribution < 1.29 is 4.79 Å². The van der Waals surface area contributed by atoms with Crippen LogP contribution in [0.2, 0.25) is 5.02 Å². The van der Waals surface area contributed by atoms with Gasteiger partial charge in [0.2, 0.25) is 0 Å². The first kappa shape index (κ1) is 13.4. The van der Waals surface area contributed by atoms with Gasteiger partial charge in [-0.25, -0.2) is 0 Å². The van der Waals surface area contributed by atoms with Crippen molar-refractivity contribution in [2.45, 2.75) is 44.1 Å². The second-order valence-corrected chi connectivity index (χ2v) is 7.82. The predicted molar refractivity (Wildman–Crippen MR) is 84.2 cm³/mol. The second kappa shape index (κ2) is 4.64. The van der Waals surface area contributed by atoms with Gasteiger partial charge in [0, 0.05) is 16.2 Å². The van der Waals surface area contributed by atoms with Gasteiger partial charge in [0.25, 0.3) is 5.91 Å². The Morgan fingerprint density at radius 2 is 1.71 bits per heavy atom. The Morgan fingerprint density at radius 1 is 1.14 bits per heavy atom. The van der Waals surface area contributed by atoms with E-state index in [1.54, 1.807) is 18.2 Å². The quantitative estimate of drug-likeness (QED) is 0.820. The van der Waals surface area contributed by atoms with Crippen LogP contribution in [-0.4, -0.2) is 11.4 Å². The van der Waals surface area contributed by atoms with Crippen molar-refractivity contribution in [2.75, 3.05) is 5.73 Å². The van der Waals surface area contributed by atoms with Crippen LogP contribution in [-0.2, 0) is 0 Å². The number of nitrogen functional groups attached to an aromatic ring is 1. The molecule has 4 bridgehead atoms. The molecule has 0 atom stereocenters. The Hall–Kier alpha value is -1.22. The van der Waals surface area contributed by atoms with E-state index >= 15 is 0 Å². The number of hydrogen-bond donors (Lipinski definition) is 2. The average Bonchev–Trinajstić information content (AvgIpc) is 2.35. The van der Waals surface area contributed by atoms with Crippen LogP contribution in [0.5, 0.6) is 0 Å². The van der Waals surface area contributed by atoms with Crippen LogP contribution in [0.4, 0.5) is 5.69 Å². The molecular weight excluding hydrogens is 284 g/mol. The number of carbonyl (C=O) groups is 1. The SMILES string of the molecule is Nc1cc(Cl)ccc1C(=O)NC12CC3CC(CC(C3)C1)C2. The van der Waals surface area contributed by atoms with Crippen molar-refractivity contribution in [3.63, 3.8) is 0 Å². The van der Waals surface area contributed by atoms with Gasteiger partial charge in [0.05, 0.1) is 5.56 Å². The van der Waals surface area contributed by atoms with Crippen molar-refractivity contribution in [2.24, 2.45) is 17.8 Å². The fourth-order valence-corrected chi connectivity index (χ4v) is 5.49. The van der Waals surface area contributed by atoms with Crippen molar-refractivity contribution >= 4 is 23.2 Å². The maximum atomic E-state index is 12.6. The summed E-state index contributed by atoms with van der Waals surface area (Å²) in [4.78, 5) is 12.6. The molecule has 3 N–H and O–H groups in total. The molecule has 112 valence electrons. The van der Waals surface area contributed by atoms with Crippen molar-refractivity contribution in [3.8, 4) is 0 Å². The van der Waals surface area contributed by atoms with Gasteiger partial charge in [0.15, 0.2) is 0 Å². The number of rotatable bonds is 2. The van der Waals surface area contributed by atoms with E-state index in [2.05, 4.69) is 5.32 Å². The molecule has 0 unspecified atom stereocenters. The van der Waals surface area contributed by atoms with E-state index in [0.29, 0.717) is 16.3 Å². The van der Waals surface area contributed by atoms with Gasteiger partial charge < -0.3 is 11.1 Å². The lowest BCUT2D eigenvalue weighted by atomic mass is 9.53. The molecule has 1 aromatic carbocycles. The Morgan fingerprint density at radius 3 is 2.24 bits per heavy atom. The van der Waals surface area contributed by atoms with Gasteiger partial charge in [-0.1, -0.05) is 11.6 Å². The predicted octanol–water partition coefficient (Wildman–Crippen LogP) is 3.62. The molecule has 0 aliphatic heterocycles.